The Labute approximate surface area is 472 Å². The van der Waals surface area contributed by atoms with Crippen molar-refractivity contribution in [2.24, 2.45) is 0 Å². The fourth-order valence-corrected chi connectivity index (χ4v) is 9.82. The highest BCUT2D eigenvalue weighted by molar-refractivity contribution is 5.60. The van der Waals surface area contributed by atoms with Gasteiger partial charge in [0, 0.05) is 24.7 Å². The van der Waals surface area contributed by atoms with Gasteiger partial charge < -0.3 is 56.8 Å². The molecular formula is C65H69NO15. The van der Waals surface area contributed by atoms with E-state index < -0.39 is 78.4 Å². The fraction of sp³-hybridized carbons (Fsp3) is 0.338. The molecule has 0 aliphatic carbocycles. The minimum absolute atomic E-state index is 0.0792. The summed E-state index contributed by atoms with van der Waals surface area (Å²) >= 11 is 0. The number of nitrogens with zero attached hydrogens (tertiary/aromatic N) is 1. The summed E-state index contributed by atoms with van der Waals surface area (Å²) in [4.78, 5) is 25.0. The Hall–Kier alpha value is -7.19. The summed E-state index contributed by atoms with van der Waals surface area (Å²) in [6.45, 7) is 2.11. The third-order valence-corrected chi connectivity index (χ3v) is 14.0. The zero-order valence-corrected chi connectivity index (χ0v) is 45.4. The second kappa shape index (κ2) is 30.6. The molecule has 2 saturated heterocycles. The fourth-order valence-electron chi connectivity index (χ4n) is 9.82. The standard InChI is InChI=1S/C65H69NO15/c1-46(53-35-21-22-36-54(53)66(68)69)37-78-65(67)79-45-56-58(72-39-48-25-11-4-12-26-48)60(74-41-50-29-15-6-16-30-50)62(76-43-52-33-19-8-20-34-52)64(81-56)77-44-55-57(71-38-47-23-9-3-10-24-47)59(73-40-49-27-13-5-14-28-49)61(63(70-2)80-55)75-42-51-31-17-7-18-32-51/h3-36,46,55-64H,37-45H2,1-2H3/t46?,55-,56-,57-,58-,59+,60+,61-,62-,63+,64-/m1/s1. The quantitative estimate of drug-likeness (QED) is 0.0258. The first-order valence-corrected chi connectivity index (χ1v) is 27.2. The van der Waals surface area contributed by atoms with Gasteiger partial charge in [-0.2, -0.15) is 0 Å². The van der Waals surface area contributed by atoms with Gasteiger partial charge in [-0.15, -0.1) is 0 Å². The molecule has 1 unspecified atom stereocenters. The van der Waals surface area contributed by atoms with Gasteiger partial charge in [-0.3, -0.25) is 10.1 Å². The summed E-state index contributed by atoms with van der Waals surface area (Å²) in [6.07, 6.45) is -10.3. The largest absolute Gasteiger partial charge is 0.508 e. The predicted octanol–water partition coefficient (Wildman–Crippen LogP) is 11.5. The molecular weight excluding hydrogens is 1030 g/mol. The topological polar surface area (TPSA) is 171 Å². The van der Waals surface area contributed by atoms with E-state index >= 15 is 0 Å². The zero-order chi connectivity index (χ0) is 56.0. The Balaban J connectivity index is 1.04. The number of carbonyl (C=O) groups excluding carboxylic acids is 1. The van der Waals surface area contributed by atoms with E-state index in [1.807, 2.05) is 182 Å². The molecule has 0 saturated carbocycles. The molecule has 0 aromatic heterocycles. The third-order valence-electron chi connectivity index (χ3n) is 14.0. The van der Waals surface area contributed by atoms with Gasteiger partial charge in [0.2, 0.25) is 0 Å². The highest BCUT2D eigenvalue weighted by Gasteiger charge is 2.52. The minimum Gasteiger partial charge on any atom is -0.434 e. The lowest BCUT2D eigenvalue weighted by molar-refractivity contribution is -0.385. The molecule has 0 bridgehead atoms. The van der Waals surface area contributed by atoms with E-state index in [0.29, 0.717) is 5.56 Å². The normalized spacial score (nSPS) is 23.0. The SMILES string of the molecule is CO[C@H]1O[C@H](CO[C@@H]2O[C@H](COC(=O)OCC(C)c3ccccc3[N+](=O)[O-])[C@@H](OCc3ccccc3)[C@H](OCc3ccccc3)[C@H]2OCc2ccccc2)[C@@H](OCc2ccccc2)[C@H](OCc2ccccc2)[C@H]1OCc1ccccc1. The molecule has 9 rings (SSSR count). The number of hydrogen-bond acceptors (Lipinski definition) is 15. The van der Waals surface area contributed by atoms with Gasteiger partial charge in [0.15, 0.2) is 12.6 Å². The first-order chi connectivity index (χ1) is 39.8. The number of benzene rings is 7. The van der Waals surface area contributed by atoms with Gasteiger partial charge in [-0.1, -0.05) is 207 Å². The summed E-state index contributed by atoms with van der Waals surface area (Å²) in [5.74, 6) is -0.530. The first-order valence-electron chi connectivity index (χ1n) is 27.2. The third kappa shape index (κ3) is 16.9. The molecule has 81 heavy (non-hydrogen) atoms. The summed E-state index contributed by atoms with van der Waals surface area (Å²) in [6, 6.07) is 65.0. The average Bonchev–Trinajstić information content (AvgIpc) is 3.66. The van der Waals surface area contributed by atoms with Crippen molar-refractivity contribution in [3.8, 4) is 0 Å². The molecule has 2 fully saturated rings. The zero-order valence-electron chi connectivity index (χ0n) is 45.4. The lowest BCUT2D eigenvalue weighted by atomic mass is 9.97. The van der Waals surface area contributed by atoms with Gasteiger partial charge >= 0.3 is 6.16 Å². The molecule has 0 radical (unpaired) electrons. The summed E-state index contributed by atoms with van der Waals surface area (Å²) < 4.78 is 79.6. The Bertz CT molecular complexity index is 2930. The molecule has 424 valence electrons. The van der Waals surface area contributed by atoms with Crippen LogP contribution in [0.2, 0.25) is 0 Å². The number of nitro benzene ring substituents is 1. The van der Waals surface area contributed by atoms with E-state index in [-0.39, 0.29) is 65.1 Å². The Morgan fingerprint density at radius 3 is 1.16 bits per heavy atom. The van der Waals surface area contributed by atoms with E-state index in [4.69, 9.17) is 56.8 Å². The van der Waals surface area contributed by atoms with Crippen molar-refractivity contribution in [2.75, 3.05) is 26.9 Å². The molecule has 0 amide bonds. The molecule has 2 aliphatic rings. The first kappa shape index (κ1) is 58.5. The van der Waals surface area contributed by atoms with Gasteiger partial charge in [0.05, 0.1) is 51.2 Å². The highest BCUT2D eigenvalue weighted by Crippen LogP contribution is 2.35. The number of methoxy groups -OCH3 is 1. The maximum atomic E-state index is 13.6. The maximum Gasteiger partial charge on any atom is 0.508 e. The highest BCUT2D eigenvalue weighted by atomic mass is 16.8. The summed E-state index contributed by atoms with van der Waals surface area (Å²) in [5, 5.41) is 11.9. The molecule has 16 heteroatoms. The van der Waals surface area contributed by atoms with E-state index in [9.17, 15) is 14.9 Å². The van der Waals surface area contributed by atoms with Crippen LogP contribution in [0.4, 0.5) is 10.5 Å². The summed E-state index contributed by atoms with van der Waals surface area (Å²) in [5.41, 5.74) is 5.81. The Kier molecular flexibility index (Phi) is 22.1. The second-order valence-electron chi connectivity index (χ2n) is 19.8. The molecule has 2 heterocycles. The number of para-hydroxylation sites is 1. The van der Waals surface area contributed by atoms with Crippen molar-refractivity contribution in [3.05, 3.63) is 255 Å². The molecule has 0 spiro atoms. The van der Waals surface area contributed by atoms with E-state index in [1.54, 1.807) is 32.2 Å². The van der Waals surface area contributed by atoms with Gasteiger partial charge in [-0.05, 0) is 33.4 Å². The maximum absolute atomic E-state index is 13.6. The van der Waals surface area contributed by atoms with Crippen molar-refractivity contribution in [3.63, 3.8) is 0 Å². The van der Waals surface area contributed by atoms with Crippen LogP contribution in [0, 0.1) is 10.1 Å². The summed E-state index contributed by atoms with van der Waals surface area (Å²) in [7, 11) is 1.56. The molecule has 0 N–H and O–H groups in total. The van der Waals surface area contributed by atoms with Crippen molar-refractivity contribution < 1.29 is 66.6 Å². The Morgan fingerprint density at radius 2 is 0.765 bits per heavy atom. The van der Waals surface area contributed by atoms with Crippen molar-refractivity contribution in [1.82, 2.24) is 0 Å². The Morgan fingerprint density at radius 1 is 0.432 bits per heavy atom. The number of hydrogen-bond donors (Lipinski definition) is 0. The van der Waals surface area contributed by atoms with E-state index in [2.05, 4.69) is 0 Å². The van der Waals surface area contributed by atoms with Crippen LogP contribution < -0.4 is 0 Å². The molecule has 2 aliphatic heterocycles. The minimum atomic E-state index is -1.22. The average molecular weight is 1100 g/mol. The van der Waals surface area contributed by atoms with Crippen molar-refractivity contribution >= 4 is 11.8 Å². The van der Waals surface area contributed by atoms with Crippen molar-refractivity contribution in [1.29, 1.82) is 0 Å². The number of carbonyl (C=O) groups is 1. The van der Waals surface area contributed by atoms with Crippen LogP contribution >= 0.6 is 0 Å². The van der Waals surface area contributed by atoms with Crippen LogP contribution in [0.3, 0.4) is 0 Å². The predicted molar refractivity (Wildman–Crippen MR) is 299 cm³/mol. The molecule has 7 aromatic carbocycles. The monoisotopic (exact) mass is 1100 g/mol. The number of nitro groups is 1. The number of ether oxygens (including phenoxy) is 12. The smallest absolute Gasteiger partial charge is 0.434 e. The van der Waals surface area contributed by atoms with Crippen LogP contribution in [-0.2, 0) is 96.5 Å². The van der Waals surface area contributed by atoms with Crippen LogP contribution in [0.25, 0.3) is 0 Å². The second-order valence-corrected chi connectivity index (χ2v) is 19.8. The van der Waals surface area contributed by atoms with Crippen molar-refractivity contribution in [2.45, 2.75) is 114 Å². The molecule has 7 aromatic rings. The van der Waals surface area contributed by atoms with Crippen LogP contribution in [0.1, 0.15) is 51.8 Å². The van der Waals surface area contributed by atoms with Crippen LogP contribution in [-0.4, -0.2) is 99.4 Å². The van der Waals surface area contributed by atoms with Gasteiger partial charge in [0.25, 0.3) is 5.69 Å². The van der Waals surface area contributed by atoms with Gasteiger partial charge in [0.1, 0.15) is 62.0 Å². The van der Waals surface area contributed by atoms with Gasteiger partial charge in [-0.25, -0.2) is 4.79 Å². The lowest BCUT2D eigenvalue weighted by Gasteiger charge is -2.47. The van der Waals surface area contributed by atoms with Crippen LogP contribution in [0.15, 0.2) is 206 Å². The number of rotatable bonds is 28. The van der Waals surface area contributed by atoms with Crippen LogP contribution in [0.5, 0.6) is 0 Å². The van der Waals surface area contributed by atoms with E-state index in [1.165, 1.54) is 6.07 Å². The molecule has 11 atom stereocenters. The van der Waals surface area contributed by atoms with E-state index in [0.717, 1.165) is 33.4 Å². The molecule has 16 nitrogen and oxygen atoms in total. The lowest BCUT2D eigenvalue weighted by Crippen LogP contribution is -2.64.